The fraction of sp³-hybridized carbons (Fsp3) is 0.733. The zero-order valence-electron chi connectivity index (χ0n) is 12.9. The second-order valence-electron chi connectivity index (χ2n) is 7.01. The summed E-state index contributed by atoms with van der Waals surface area (Å²) < 4.78 is 7.48. The minimum atomic E-state index is -0.276. The van der Waals surface area contributed by atoms with Crippen LogP contribution in [0.2, 0.25) is 0 Å². The van der Waals surface area contributed by atoms with Gasteiger partial charge in [-0.2, -0.15) is 0 Å². The van der Waals surface area contributed by atoms with Gasteiger partial charge in [-0.3, -0.25) is 4.79 Å². The molecule has 1 saturated heterocycles. The zero-order chi connectivity index (χ0) is 15.2. The molecule has 0 amide bonds. The Labute approximate surface area is 124 Å². The minimum Gasteiger partial charge on any atom is -0.376 e. The van der Waals surface area contributed by atoms with Crippen LogP contribution in [-0.4, -0.2) is 34.3 Å². The third-order valence-electron chi connectivity index (χ3n) is 4.54. The molecule has 2 fully saturated rings. The molecule has 2 aliphatic rings. The normalized spacial score (nSPS) is 32.2. The van der Waals surface area contributed by atoms with Gasteiger partial charge in [0, 0.05) is 36.5 Å². The van der Waals surface area contributed by atoms with E-state index in [1.165, 1.54) is 0 Å². The Balaban J connectivity index is 1.81. The summed E-state index contributed by atoms with van der Waals surface area (Å²) in [5, 5.41) is 3.21. The quantitative estimate of drug-likeness (QED) is 0.847. The first-order valence-corrected chi connectivity index (χ1v) is 7.61. The summed E-state index contributed by atoms with van der Waals surface area (Å²) in [6.07, 6.45) is 5.66. The molecular formula is C15H24N4O2. The van der Waals surface area contributed by atoms with Crippen LogP contribution >= 0.6 is 0 Å². The van der Waals surface area contributed by atoms with Crippen LogP contribution in [-0.2, 0) is 10.3 Å². The predicted octanol–water partition coefficient (Wildman–Crippen LogP) is 0.915. The number of hydrogen-bond acceptors (Lipinski definition) is 5. The number of anilines is 1. The highest BCUT2D eigenvalue weighted by Crippen LogP contribution is 2.38. The molecule has 3 N–H and O–H groups in total. The summed E-state index contributed by atoms with van der Waals surface area (Å²) in [6.45, 7) is 6.76. The molecule has 1 saturated carbocycles. The summed E-state index contributed by atoms with van der Waals surface area (Å²) in [7, 11) is 0. The third-order valence-corrected chi connectivity index (χ3v) is 4.54. The maximum absolute atomic E-state index is 12.5. The minimum absolute atomic E-state index is 0.0219. The van der Waals surface area contributed by atoms with E-state index in [2.05, 4.69) is 10.3 Å². The standard InChI is InChI=1S/C15H24N4O2/c1-15(2,3)19-7-6-17-13(14(19)20)18-11-10(16)9-5-4-8-21-12(9)11/h6-7,9-12H,4-5,8,16H2,1-3H3,(H,17,18). The molecule has 1 aromatic rings. The van der Waals surface area contributed by atoms with E-state index in [9.17, 15) is 4.79 Å². The Morgan fingerprint density at radius 2 is 2.24 bits per heavy atom. The molecule has 6 heteroatoms. The Kier molecular flexibility index (Phi) is 3.53. The predicted molar refractivity (Wildman–Crippen MR) is 81.3 cm³/mol. The second-order valence-corrected chi connectivity index (χ2v) is 7.01. The van der Waals surface area contributed by atoms with Crippen molar-refractivity contribution in [2.75, 3.05) is 11.9 Å². The Hall–Kier alpha value is -1.40. The van der Waals surface area contributed by atoms with E-state index < -0.39 is 0 Å². The van der Waals surface area contributed by atoms with Crippen molar-refractivity contribution < 1.29 is 4.74 Å². The molecule has 0 bridgehead atoms. The number of hydrogen-bond donors (Lipinski definition) is 2. The molecule has 0 radical (unpaired) electrons. The highest BCUT2D eigenvalue weighted by Gasteiger charge is 2.50. The van der Waals surface area contributed by atoms with E-state index in [1.807, 2.05) is 20.8 Å². The summed E-state index contributed by atoms with van der Waals surface area (Å²) in [5.41, 5.74) is 5.83. The highest BCUT2D eigenvalue weighted by atomic mass is 16.5. The van der Waals surface area contributed by atoms with Gasteiger partial charge in [0.15, 0.2) is 5.82 Å². The maximum Gasteiger partial charge on any atom is 0.293 e. The lowest BCUT2D eigenvalue weighted by molar-refractivity contribution is -0.104. The van der Waals surface area contributed by atoms with Gasteiger partial charge in [-0.25, -0.2) is 4.98 Å². The molecule has 0 spiro atoms. The molecular weight excluding hydrogens is 268 g/mol. The van der Waals surface area contributed by atoms with Crippen molar-refractivity contribution in [3.05, 3.63) is 22.7 Å². The lowest BCUT2D eigenvalue weighted by Crippen LogP contribution is -2.69. The SMILES string of the molecule is CC(C)(C)n1ccnc(NC2C(N)C3CCCOC32)c1=O. The smallest absolute Gasteiger partial charge is 0.293 e. The number of fused-ring (bicyclic) bond motifs is 1. The second kappa shape index (κ2) is 5.10. The van der Waals surface area contributed by atoms with Crippen LogP contribution in [0.15, 0.2) is 17.2 Å². The maximum atomic E-state index is 12.5. The molecule has 4 atom stereocenters. The Morgan fingerprint density at radius 1 is 1.48 bits per heavy atom. The number of rotatable bonds is 2. The number of nitrogens with two attached hydrogens (primary N) is 1. The van der Waals surface area contributed by atoms with Gasteiger partial charge in [-0.15, -0.1) is 0 Å². The molecule has 1 aliphatic heterocycles. The number of nitrogens with zero attached hydrogens (tertiary/aromatic N) is 2. The monoisotopic (exact) mass is 292 g/mol. The fourth-order valence-electron chi connectivity index (χ4n) is 3.32. The zero-order valence-corrected chi connectivity index (χ0v) is 12.9. The van der Waals surface area contributed by atoms with Gasteiger partial charge in [-0.05, 0) is 33.6 Å². The fourth-order valence-corrected chi connectivity index (χ4v) is 3.32. The van der Waals surface area contributed by atoms with Crippen molar-refractivity contribution in [2.45, 2.75) is 57.3 Å². The van der Waals surface area contributed by atoms with Gasteiger partial charge >= 0.3 is 0 Å². The van der Waals surface area contributed by atoms with Crippen LogP contribution in [0, 0.1) is 5.92 Å². The van der Waals surface area contributed by atoms with Crippen LogP contribution < -0.4 is 16.6 Å². The van der Waals surface area contributed by atoms with E-state index >= 15 is 0 Å². The average molecular weight is 292 g/mol. The molecule has 1 aromatic heterocycles. The Morgan fingerprint density at radius 3 is 2.95 bits per heavy atom. The molecule has 1 aliphatic carbocycles. The summed E-state index contributed by atoms with van der Waals surface area (Å²) >= 11 is 0. The molecule has 3 rings (SSSR count). The molecule has 21 heavy (non-hydrogen) atoms. The third kappa shape index (κ3) is 2.46. The largest absolute Gasteiger partial charge is 0.376 e. The van der Waals surface area contributed by atoms with Gasteiger partial charge in [0.05, 0.1) is 12.1 Å². The van der Waals surface area contributed by atoms with Crippen LogP contribution in [0.4, 0.5) is 5.82 Å². The summed E-state index contributed by atoms with van der Waals surface area (Å²) in [4.78, 5) is 16.7. The summed E-state index contributed by atoms with van der Waals surface area (Å²) in [5.74, 6) is 0.769. The van der Waals surface area contributed by atoms with Gasteiger partial charge in [-0.1, -0.05) is 0 Å². The van der Waals surface area contributed by atoms with Gasteiger partial charge in [0.1, 0.15) is 0 Å². The lowest BCUT2D eigenvalue weighted by atomic mass is 9.68. The van der Waals surface area contributed by atoms with Crippen LogP contribution in [0.1, 0.15) is 33.6 Å². The van der Waals surface area contributed by atoms with Crippen molar-refractivity contribution >= 4 is 5.82 Å². The van der Waals surface area contributed by atoms with Crippen molar-refractivity contribution in [3.8, 4) is 0 Å². The molecule has 0 aromatic carbocycles. The molecule has 6 nitrogen and oxygen atoms in total. The van der Waals surface area contributed by atoms with Gasteiger partial charge in [0.2, 0.25) is 0 Å². The van der Waals surface area contributed by atoms with Crippen molar-refractivity contribution in [1.82, 2.24) is 9.55 Å². The highest BCUT2D eigenvalue weighted by molar-refractivity contribution is 5.36. The first-order chi connectivity index (χ1) is 9.89. The molecule has 2 heterocycles. The number of nitrogens with one attached hydrogen (secondary N) is 1. The van der Waals surface area contributed by atoms with Crippen LogP contribution in [0.25, 0.3) is 0 Å². The van der Waals surface area contributed by atoms with Gasteiger partial charge in [0.25, 0.3) is 5.56 Å². The van der Waals surface area contributed by atoms with Crippen LogP contribution in [0.3, 0.4) is 0 Å². The lowest BCUT2D eigenvalue weighted by Gasteiger charge is -2.52. The van der Waals surface area contributed by atoms with E-state index in [0.717, 1.165) is 19.4 Å². The van der Waals surface area contributed by atoms with E-state index in [1.54, 1.807) is 17.0 Å². The first kappa shape index (κ1) is 14.5. The molecule has 116 valence electrons. The van der Waals surface area contributed by atoms with E-state index in [0.29, 0.717) is 11.7 Å². The van der Waals surface area contributed by atoms with Crippen molar-refractivity contribution in [2.24, 2.45) is 11.7 Å². The van der Waals surface area contributed by atoms with E-state index in [-0.39, 0.29) is 29.3 Å². The Bertz CT molecular complexity index is 578. The average Bonchev–Trinajstić information content (AvgIpc) is 2.44. The first-order valence-electron chi connectivity index (χ1n) is 7.61. The van der Waals surface area contributed by atoms with Crippen molar-refractivity contribution in [3.63, 3.8) is 0 Å². The van der Waals surface area contributed by atoms with E-state index in [4.69, 9.17) is 10.5 Å². The van der Waals surface area contributed by atoms with Crippen molar-refractivity contribution in [1.29, 1.82) is 0 Å². The molecule has 4 unspecified atom stereocenters. The number of aromatic nitrogens is 2. The number of ether oxygens (including phenoxy) is 1. The topological polar surface area (TPSA) is 82.2 Å². The van der Waals surface area contributed by atoms with Crippen LogP contribution in [0.5, 0.6) is 0 Å². The summed E-state index contributed by atoms with van der Waals surface area (Å²) in [6, 6.07) is 0.00566. The van der Waals surface area contributed by atoms with Gasteiger partial charge < -0.3 is 20.4 Å².